The Hall–Kier alpha value is -2.81. The largest absolute Gasteiger partial charge is 0.416 e. The van der Waals surface area contributed by atoms with Crippen molar-refractivity contribution in [3.63, 3.8) is 0 Å². The molecule has 0 spiro atoms. The van der Waals surface area contributed by atoms with Crippen LogP contribution >= 0.6 is 0 Å². The lowest BCUT2D eigenvalue weighted by Gasteiger charge is -2.15. The molecule has 0 saturated heterocycles. The van der Waals surface area contributed by atoms with E-state index in [1.54, 1.807) is 12.1 Å². The minimum Gasteiger partial charge on any atom is -0.348 e. The van der Waals surface area contributed by atoms with Gasteiger partial charge in [0.25, 0.3) is 5.91 Å². The van der Waals surface area contributed by atoms with Crippen LogP contribution in [-0.2, 0) is 28.3 Å². The summed E-state index contributed by atoms with van der Waals surface area (Å²) in [6.45, 7) is 3.77. The molecule has 3 aromatic rings. The van der Waals surface area contributed by atoms with E-state index in [1.807, 2.05) is 32.2 Å². The van der Waals surface area contributed by atoms with Gasteiger partial charge in [-0.1, -0.05) is 12.1 Å². The van der Waals surface area contributed by atoms with E-state index in [4.69, 9.17) is 0 Å². The van der Waals surface area contributed by atoms with Gasteiger partial charge in [0.2, 0.25) is 0 Å². The van der Waals surface area contributed by atoms with E-state index in [-0.39, 0.29) is 23.7 Å². The van der Waals surface area contributed by atoms with E-state index in [0.29, 0.717) is 18.4 Å². The molecule has 2 aromatic carbocycles. The van der Waals surface area contributed by atoms with Crippen molar-refractivity contribution in [2.75, 3.05) is 0 Å². The SMILES string of the molecule is CC(C)n1ccc2cc(C(=O)NCc3ccc(CS(=O)(=O)C4CC4)cc3C(F)(F)F)ccc21. The van der Waals surface area contributed by atoms with E-state index < -0.39 is 38.5 Å². The first-order chi connectivity index (χ1) is 15.5. The van der Waals surface area contributed by atoms with Gasteiger partial charge in [-0.05, 0) is 68.1 Å². The van der Waals surface area contributed by atoms with Crippen LogP contribution in [0.4, 0.5) is 13.2 Å². The van der Waals surface area contributed by atoms with Crippen molar-refractivity contribution in [2.45, 2.75) is 56.5 Å². The molecule has 0 radical (unpaired) electrons. The molecule has 0 aliphatic heterocycles. The number of carbonyl (C=O) groups is 1. The number of nitrogens with one attached hydrogen (secondary N) is 1. The minimum absolute atomic E-state index is 0.101. The molecule has 1 aliphatic rings. The van der Waals surface area contributed by atoms with E-state index in [2.05, 4.69) is 9.88 Å². The van der Waals surface area contributed by atoms with E-state index in [1.165, 1.54) is 12.1 Å². The van der Waals surface area contributed by atoms with Crippen molar-refractivity contribution in [1.82, 2.24) is 9.88 Å². The van der Waals surface area contributed by atoms with E-state index in [9.17, 15) is 26.4 Å². The highest BCUT2D eigenvalue weighted by Gasteiger charge is 2.37. The zero-order valence-electron chi connectivity index (χ0n) is 18.3. The van der Waals surface area contributed by atoms with Crippen LogP contribution < -0.4 is 5.32 Å². The van der Waals surface area contributed by atoms with Crippen LogP contribution in [0.3, 0.4) is 0 Å². The summed E-state index contributed by atoms with van der Waals surface area (Å²) >= 11 is 0. The van der Waals surface area contributed by atoms with Crippen molar-refractivity contribution < 1.29 is 26.4 Å². The summed E-state index contributed by atoms with van der Waals surface area (Å²) in [5.74, 6) is -0.897. The average molecular weight is 479 g/mol. The second-order valence-corrected chi connectivity index (χ2v) is 11.0. The second kappa shape index (κ2) is 8.52. The number of amides is 1. The molecule has 1 N–H and O–H groups in total. The standard InChI is InChI=1S/C24H25F3N2O3S/c1-15(2)29-10-9-17-12-18(5-8-22(17)29)23(30)28-13-19-4-3-16(11-21(19)24(25,26)27)14-33(31,32)20-6-7-20/h3-5,8-12,15,20H,6-7,13-14H2,1-2H3,(H,28,30). The van der Waals surface area contributed by atoms with Gasteiger partial charge in [0.1, 0.15) is 0 Å². The molecule has 1 aliphatic carbocycles. The highest BCUT2D eigenvalue weighted by atomic mass is 32.2. The van der Waals surface area contributed by atoms with Crippen LogP contribution in [-0.4, -0.2) is 24.1 Å². The van der Waals surface area contributed by atoms with Gasteiger partial charge in [-0.15, -0.1) is 0 Å². The minimum atomic E-state index is -4.67. The summed E-state index contributed by atoms with van der Waals surface area (Å²) in [5, 5.41) is 2.98. The average Bonchev–Trinajstić information content (AvgIpc) is 3.51. The van der Waals surface area contributed by atoms with Crippen LogP contribution in [0, 0.1) is 0 Å². The predicted octanol–water partition coefficient (Wildman–Crippen LogP) is 5.25. The third-order valence-corrected chi connectivity index (χ3v) is 8.08. The first-order valence-electron chi connectivity index (χ1n) is 10.7. The van der Waals surface area contributed by atoms with Gasteiger partial charge in [-0.2, -0.15) is 13.2 Å². The van der Waals surface area contributed by atoms with Gasteiger partial charge >= 0.3 is 6.18 Å². The molecule has 4 rings (SSSR count). The summed E-state index contributed by atoms with van der Waals surface area (Å²) < 4.78 is 67.4. The Labute approximate surface area is 190 Å². The van der Waals surface area contributed by atoms with Crippen molar-refractivity contribution >= 4 is 26.6 Å². The number of nitrogens with zero attached hydrogens (tertiary/aromatic N) is 1. The molecule has 0 atom stereocenters. The normalized spacial score (nSPS) is 14.7. The maximum atomic E-state index is 13.7. The number of hydrogen-bond acceptors (Lipinski definition) is 3. The maximum Gasteiger partial charge on any atom is 0.416 e. The molecule has 1 amide bonds. The number of sulfone groups is 1. The number of aromatic nitrogens is 1. The van der Waals surface area contributed by atoms with Crippen molar-refractivity contribution in [3.8, 4) is 0 Å². The topological polar surface area (TPSA) is 68.2 Å². The molecule has 1 heterocycles. The highest BCUT2D eigenvalue weighted by molar-refractivity contribution is 7.91. The number of halogens is 3. The predicted molar refractivity (Wildman–Crippen MR) is 121 cm³/mol. The lowest BCUT2D eigenvalue weighted by atomic mass is 10.0. The Morgan fingerprint density at radius 3 is 2.48 bits per heavy atom. The Bertz CT molecular complexity index is 1310. The number of fused-ring (bicyclic) bond motifs is 1. The molecular weight excluding hydrogens is 453 g/mol. The lowest BCUT2D eigenvalue weighted by molar-refractivity contribution is -0.138. The van der Waals surface area contributed by atoms with Crippen LogP contribution in [0.15, 0.2) is 48.7 Å². The number of carbonyl (C=O) groups excluding carboxylic acids is 1. The van der Waals surface area contributed by atoms with Crippen LogP contribution in [0.5, 0.6) is 0 Å². The molecule has 0 bridgehead atoms. The maximum absolute atomic E-state index is 13.7. The third kappa shape index (κ3) is 5.08. The first-order valence-corrected chi connectivity index (χ1v) is 12.5. The Morgan fingerprint density at radius 2 is 1.85 bits per heavy atom. The van der Waals surface area contributed by atoms with Crippen LogP contribution in [0.2, 0.25) is 0 Å². The second-order valence-electron chi connectivity index (χ2n) is 8.77. The molecule has 176 valence electrons. The fourth-order valence-electron chi connectivity index (χ4n) is 3.94. The third-order valence-electron chi connectivity index (χ3n) is 5.86. The van der Waals surface area contributed by atoms with E-state index in [0.717, 1.165) is 17.0 Å². The molecule has 1 saturated carbocycles. The molecule has 1 aromatic heterocycles. The molecule has 0 unspecified atom stereocenters. The molecule has 9 heteroatoms. The Morgan fingerprint density at radius 1 is 1.12 bits per heavy atom. The van der Waals surface area contributed by atoms with Gasteiger partial charge in [-0.25, -0.2) is 8.42 Å². The highest BCUT2D eigenvalue weighted by Crippen LogP contribution is 2.35. The molecule has 33 heavy (non-hydrogen) atoms. The number of rotatable bonds is 7. The van der Waals surface area contributed by atoms with Gasteiger partial charge < -0.3 is 9.88 Å². The van der Waals surface area contributed by atoms with Gasteiger partial charge in [0.15, 0.2) is 9.84 Å². The Balaban J connectivity index is 1.52. The van der Waals surface area contributed by atoms with Gasteiger partial charge in [-0.3, -0.25) is 4.79 Å². The van der Waals surface area contributed by atoms with Crippen LogP contribution in [0.25, 0.3) is 10.9 Å². The van der Waals surface area contributed by atoms with Crippen molar-refractivity contribution in [3.05, 3.63) is 70.9 Å². The monoisotopic (exact) mass is 478 g/mol. The van der Waals surface area contributed by atoms with Gasteiger partial charge in [0, 0.05) is 35.2 Å². The fraction of sp³-hybridized carbons (Fsp3) is 0.375. The van der Waals surface area contributed by atoms with Crippen LogP contribution in [0.1, 0.15) is 59.8 Å². The van der Waals surface area contributed by atoms with Crippen molar-refractivity contribution in [2.24, 2.45) is 0 Å². The molecule has 5 nitrogen and oxygen atoms in total. The molecule has 1 fully saturated rings. The Kier molecular flexibility index (Phi) is 6.03. The summed E-state index contributed by atoms with van der Waals surface area (Å²) in [6.07, 6.45) is -1.62. The fourth-order valence-corrected chi connectivity index (χ4v) is 5.68. The van der Waals surface area contributed by atoms with Gasteiger partial charge in [0.05, 0.1) is 16.6 Å². The summed E-state index contributed by atoms with van der Waals surface area (Å²) in [4.78, 5) is 12.6. The number of alkyl halides is 3. The molecular formula is C24H25F3N2O3S. The zero-order valence-corrected chi connectivity index (χ0v) is 19.1. The number of hydrogen-bond donors (Lipinski definition) is 1. The smallest absolute Gasteiger partial charge is 0.348 e. The quantitative estimate of drug-likeness (QED) is 0.505. The lowest BCUT2D eigenvalue weighted by Crippen LogP contribution is -2.24. The summed E-state index contributed by atoms with van der Waals surface area (Å²) in [5.41, 5.74) is 0.373. The first kappa shape index (κ1) is 23.4. The summed E-state index contributed by atoms with van der Waals surface area (Å²) in [6, 6.07) is 10.8. The summed E-state index contributed by atoms with van der Waals surface area (Å²) in [7, 11) is -3.44. The number of benzene rings is 2. The zero-order chi connectivity index (χ0) is 24.0. The van der Waals surface area contributed by atoms with E-state index >= 15 is 0 Å². The van der Waals surface area contributed by atoms with Crippen molar-refractivity contribution in [1.29, 1.82) is 0 Å².